The number of rotatable bonds is 3. The highest BCUT2D eigenvalue weighted by Crippen LogP contribution is 2.23. The Hall–Kier alpha value is -2.72. The number of H-pyrrole nitrogens is 2. The average molecular weight is 402 g/mol. The topological polar surface area (TPSA) is 115 Å². The summed E-state index contributed by atoms with van der Waals surface area (Å²) >= 11 is 0. The molecule has 2 N–H and O–H groups in total. The molecule has 0 radical (unpaired) electrons. The first kappa shape index (κ1) is 18.6. The number of amides is 1. The number of aromatic amines is 2. The lowest BCUT2D eigenvalue weighted by atomic mass is 10.1. The number of sulfonamides is 1. The molecule has 1 saturated heterocycles. The predicted octanol–water partition coefficient (Wildman–Crippen LogP) is 1.44. The molecular formula is C18H22N6O3S. The molecule has 0 atom stereocenters. The van der Waals surface area contributed by atoms with E-state index in [1.807, 2.05) is 0 Å². The number of carbonyl (C=O) groups is 1. The fraction of sp³-hybridized carbons (Fsp3) is 0.389. The van der Waals surface area contributed by atoms with Crippen LogP contribution in [0.3, 0.4) is 0 Å². The fourth-order valence-corrected chi connectivity index (χ4v) is 5.44. The highest BCUT2D eigenvalue weighted by atomic mass is 32.2. The monoisotopic (exact) mass is 402 g/mol. The number of hydrogen-bond donors (Lipinski definition) is 2. The minimum Gasteiger partial charge on any atom is -0.345 e. The zero-order chi connectivity index (χ0) is 19.9. The van der Waals surface area contributed by atoms with E-state index < -0.39 is 10.0 Å². The smallest absolute Gasteiger partial charge is 0.253 e. The van der Waals surface area contributed by atoms with E-state index in [0.717, 1.165) is 11.0 Å². The van der Waals surface area contributed by atoms with Gasteiger partial charge in [-0.25, -0.2) is 13.4 Å². The van der Waals surface area contributed by atoms with Crippen molar-refractivity contribution >= 4 is 27.0 Å². The summed E-state index contributed by atoms with van der Waals surface area (Å²) in [6.07, 6.45) is 2.17. The number of aryl methyl sites for hydroxylation is 2. The fourth-order valence-electron chi connectivity index (χ4n) is 3.64. The van der Waals surface area contributed by atoms with E-state index in [0.29, 0.717) is 43.0 Å². The van der Waals surface area contributed by atoms with Crippen LogP contribution in [0.15, 0.2) is 29.4 Å². The molecule has 28 heavy (non-hydrogen) atoms. The number of benzene rings is 1. The molecule has 0 bridgehead atoms. The number of nitrogens with zero attached hydrogens (tertiary/aromatic N) is 4. The molecule has 1 aliphatic heterocycles. The standard InChI is InChI=1S/C18H22N6O3S/c1-12-17(13(2)22-21-12)28(26,27)24-7-3-6-23(8-9-24)18(25)14-4-5-15-16(10-14)20-11-19-15/h4-5,10-11H,3,6-9H2,1-2H3,(H,19,20)(H,21,22). The molecule has 10 heteroatoms. The maximum absolute atomic E-state index is 13.1. The number of imidazole rings is 1. The second-order valence-electron chi connectivity index (χ2n) is 6.95. The SMILES string of the molecule is Cc1n[nH]c(C)c1S(=O)(=O)N1CCCN(C(=O)c2ccc3nc[nH]c3c2)CC1. The number of nitrogens with one attached hydrogen (secondary N) is 2. The molecule has 1 fully saturated rings. The van der Waals surface area contributed by atoms with Crippen LogP contribution in [0.4, 0.5) is 0 Å². The summed E-state index contributed by atoms with van der Waals surface area (Å²) in [7, 11) is -3.65. The van der Waals surface area contributed by atoms with Crippen molar-refractivity contribution in [1.29, 1.82) is 0 Å². The second-order valence-corrected chi connectivity index (χ2v) is 8.82. The Bertz CT molecular complexity index is 1110. The van der Waals surface area contributed by atoms with Crippen molar-refractivity contribution in [3.8, 4) is 0 Å². The molecule has 0 spiro atoms. The number of fused-ring (bicyclic) bond motifs is 1. The Kier molecular flexibility index (Phi) is 4.68. The first-order valence-electron chi connectivity index (χ1n) is 9.12. The number of aromatic nitrogens is 4. The van der Waals surface area contributed by atoms with E-state index >= 15 is 0 Å². The molecule has 0 saturated carbocycles. The van der Waals surface area contributed by atoms with Crippen LogP contribution < -0.4 is 0 Å². The van der Waals surface area contributed by atoms with Crippen LogP contribution in [0.25, 0.3) is 11.0 Å². The van der Waals surface area contributed by atoms with Crippen molar-refractivity contribution in [3.05, 3.63) is 41.5 Å². The molecule has 0 unspecified atom stereocenters. The van der Waals surface area contributed by atoms with Gasteiger partial charge >= 0.3 is 0 Å². The van der Waals surface area contributed by atoms with Crippen LogP contribution in [0, 0.1) is 13.8 Å². The summed E-state index contributed by atoms with van der Waals surface area (Å²) in [5.41, 5.74) is 3.16. The minimum atomic E-state index is -3.65. The summed E-state index contributed by atoms with van der Waals surface area (Å²) in [6, 6.07) is 5.34. The Morgan fingerprint density at radius 1 is 1.14 bits per heavy atom. The van der Waals surface area contributed by atoms with Crippen molar-refractivity contribution in [2.24, 2.45) is 0 Å². The maximum atomic E-state index is 13.1. The van der Waals surface area contributed by atoms with E-state index in [4.69, 9.17) is 0 Å². The zero-order valence-electron chi connectivity index (χ0n) is 15.8. The van der Waals surface area contributed by atoms with Crippen LogP contribution >= 0.6 is 0 Å². The Labute approximate surface area is 162 Å². The molecule has 2 aromatic heterocycles. The molecule has 4 rings (SSSR count). The van der Waals surface area contributed by atoms with Gasteiger partial charge in [0.1, 0.15) is 4.90 Å². The second kappa shape index (κ2) is 7.02. The van der Waals surface area contributed by atoms with Crippen LogP contribution in [-0.4, -0.2) is 69.9 Å². The quantitative estimate of drug-likeness (QED) is 0.688. The van der Waals surface area contributed by atoms with E-state index in [-0.39, 0.29) is 17.3 Å². The molecule has 3 heterocycles. The lowest BCUT2D eigenvalue weighted by molar-refractivity contribution is 0.0764. The normalized spacial score (nSPS) is 16.4. The minimum absolute atomic E-state index is 0.105. The van der Waals surface area contributed by atoms with Crippen molar-refractivity contribution in [3.63, 3.8) is 0 Å². The van der Waals surface area contributed by atoms with Crippen LogP contribution in [0.5, 0.6) is 0 Å². The number of carbonyl (C=O) groups excluding carboxylic acids is 1. The molecule has 9 nitrogen and oxygen atoms in total. The third kappa shape index (κ3) is 3.18. The Morgan fingerprint density at radius 2 is 1.96 bits per heavy atom. The van der Waals surface area contributed by atoms with Crippen LogP contribution in [0.1, 0.15) is 28.2 Å². The van der Waals surface area contributed by atoms with Crippen LogP contribution in [-0.2, 0) is 10.0 Å². The van der Waals surface area contributed by atoms with Gasteiger partial charge in [-0.05, 0) is 38.5 Å². The van der Waals surface area contributed by atoms with Gasteiger partial charge in [0.05, 0.1) is 28.7 Å². The molecule has 148 valence electrons. The molecule has 3 aromatic rings. The lowest BCUT2D eigenvalue weighted by Crippen LogP contribution is -2.37. The Morgan fingerprint density at radius 3 is 2.71 bits per heavy atom. The van der Waals surface area contributed by atoms with Gasteiger partial charge in [0.2, 0.25) is 10.0 Å². The molecular weight excluding hydrogens is 380 g/mol. The summed E-state index contributed by atoms with van der Waals surface area (Å²) < 4.78 is 27.6. The van der Waals surface area contributed by atoms with Gasteiger partial charge in [-0.15, -0.1) is 0 Å². The van der Waals surface area contributed by atoms with Gasteiger partial charge in [0.15, 0.2) is 0 Å². The maximum Gasteiger partial charge on any atom is 0.253 e. The molecule has 0 aliphatic carbocycles. The highest BCUT2D eigenvalue weighted by Gasteiger charge is 2.32. The number of hydrogen-bond acceptors (Lipinski definition) is 5. The summed E-state index contributed by atoms with van der Waals surface area (Å²) in [5, 5.41) is 6.73. The van der Waals surface area contributed by atoms with Crippen LogP contribution in [0.2, 0.25) is 0 Å². The molecule has 1 aromatic carbocycles. The predicted molar refractivity (Wildman–Crippen MR) is 103 cm³/mol. The van der Waals surface area contributed by atoms with Gasteiger partial charge in [-0.2, -0.15) is 9.40 Å². The van der Waals surface area contributed by atoms with E-state index in [9.17, 15) is 13.2 Å². The zero-order valence-corrected chi connectivity index (χ0v) is 16.6. The largest absolute Gasteiger partial charge is 0.345 e. The van der Waals surface area contributed by atoms with Gasteiger partial charge in [0, 0.05) is 31.7 Å². The van der Waals surface area contributed by atoms with Crippen molar-refractivity contribution in [1.82, 2.24) is 29.4 Å². The summed E-state index contributed by atoms with van der Waals surface area (Å²) in [5.74, 6) is -0.105. The first-order chi connectivity index (χ1) is 13.4. The third-order valence-corrected chi connectivity index (χ3v) is 7.23. The van der Waals surface area contributed by atoms with E-state index in [2.05, 4.69) is 20.2 Å². The van der Waals surface area contributed by atoms with E-state index in [1.54, 1.807) is 43.3 Å². The summed E-state index contributed by atoms with van der Waals surface area (Å²) in [6.45, 7) is 4.85. The molecule has 1 aliphatic rings. The van der Waals surface area contributed by atoms with E-state index in [1.165, 1.54) is 4.31 Å². The van der Waals surface area contributed by atoms with Gasteiger partial charge < -0.3 is 9.88 Å². The van der Waals surface area contributed by atoms with Crippen molar-refractivity contribution < 1.29 is 13.2 Å². The average Bonchev–Trinajstić information content (AvgIpc) is 3.17. The van der Waals surface area contributed by atoms with Gasteiger partial charge in [-0.1, -0.05) is 0 Å². The Balaban J connectivity index is 1.52. The van der Waals surface area contributed by atoms with Gasteiger partial charge in [-0.3, -0.25) is 9.89 Å². The highest BCUT2D eigenvalue weighted by molar-refractivity contribution is 7.89. The van der Waals surface area contributed by atoms with Gasteiger partial charge in [0.25, 0.3) is 5.91 Å². The third-order valence-electron chi connectivity index (χ3n) is 5.07. The lowest BCUT2D eigenvalue weighted by Gasteiger charge is -2.22. The summed E-state index contributed by atoms with van der Waals surface area (Å²) in [4.78, 5) is 22.0. The molecule has 1 amide bonds. The first-order valence-corrected chi connectivity index (χ1v) is 10.6. The van der Waals surface area contributed by atoms with Crippen molar-refractivity contribution in [2.75, 3.05) is 26.2 Å². The van der Waals surface area contributed by atoms with Crippen molar-refractivity contribution in [2.45, 2.75) is 25.2 Å².